The van der Waals surface area contributed by atoms with Crippen LogP contribution in [-0.4, -0.2) is 36.7 Å². The lowest BCUT2D eigenvalue weighted by Crippen LogP contribution is -2.32. The Kier molecular flexibility index (Phi) is 7.35. The first-order valence-electron chi connectivity index (χ1n) is 10.6. The van der Waals surface area contributed by atoms with Crippen molar-refractivity contribution in [1.82, 2.24) is 14.9 Å². The Bertz CT molecular complexity index is 1200. The Morgan fingerprint density at radius 3 is 2.56 bits per heavy atom. The first-order chi connectivity index (χ1) is 15.2. The maximum atomic E-state index is 12.5. The maximum absolute atomic E-state index is 12.5. The van der Waals surface area contributed by atoms with Gasteiger partial charge < -0.3 is 9.88 Å². The molecule has 7 nitrogen and oxygen atoms in total. The van der Waals surface area contributed by atoms with Gasteiger partial charge in [0.2, 0.25) is 15.9 Å². The number of para-hydroxylation sites is 1. The number of imidazole rings is 1. The minimum atomic E-state index is -3.45. The van der Waals surface area contributed by atoms with E-state index in [1.807, 2.05) is 74.0 Å². The summed E-state index contributed by atoms with van der Waals surface area (Å²) in [6.07, 6.45) is 5.50. The second-order valence-electron chi connectivity index (χ2n) is 7.98. The number of benzene rings is 2. The van der Waals surface area contributed by atoms with Gasteiger partial charge in [0.05, 0.1) is 17.6 Å². The molecule has 2 aromatic carbocycles. The van der Waals surface area contributed by atoms with Crippen LogP contribution in [0.5, 0.6) is 0 Å². The highest BCUT2D eigenvalue weighted by atomic mass is 32.2. The summed E-state index contributed by atoms with van der Waals surface area (Å²) in [5.74, 6) is 0.757. The van der Waals surface area contributed by atoms with Gasteiger partial charge in [0.25, 0.3) is 0 Å². The Hall–Kier alpha value is -3.13. The van der Waals surface area contributed by atoms with Crippen LogP contribution >= 0.6 is 0 Å². The molecule has 0 atom stereocenters. The van der Waals surface area contributed by atoms with Gasteiger partial charge in [0.1, 0.15) is 5.82 Å². The molecule has 0 aliphatic heterocycles. The smallest absolute Gasteiger partial charge is 0.232 e. The molecular weight excluding hydrogens is 424 g/mol. The van der Waals surface area contributed by atoms with Gasteiger partial charge in [-0.05, 0) is 56.0 Å². The number of anilines is 1. The van der Waals surface area contributed by atoms with E-state index in [-0.39, 0.29) is 18.9 Å². The van der Waals surface area contributed by atoms with Crippen LogP contribution in [0.2, 0.25) is 0 Å². The molecule has 3 aromatic rings. The van der Waals surface area contributed by atoms with E-state index in [0.717, 1.165) is 28.2 Å². The molecule has 0 saturated carbocycles. The third kappa shape index (κ3) is 5.76. The number of amides is 1. The number of nitrogens with zero attached hydrogens (tertiary/aromatic N) is 3. The van der Waals surface area contributed by atoms with Crippen molar-refractivity contribution >= 4 is 21.6 Å². The molecule has 1 aromatic heterocycles. The third-order valence-electron chi connectivity index (χ3n) is 5.35. The lowest BCUT2D eigenvalue weighted by atomic mass is 10.1. The SMILES string of the molecule is Cc1ccc(C)c(N(CCCC(=O)NCc2ccccc2-n2ccnc2C)S(C)(=O)=O)c1. The van der Waals surface area contributed by atoms with Crippen LogP contribution < -0.4 is 9.62 Å². The number of carbonyl (C=O) groups excluding carboxylic acids is 1. The van der Waals surface area contributed by atoms with Crippen molar-refractivity contribution in [2.45, 2.75) is 40.2 Å². The lowest BCUT2D eigenvalue weighted by Gasteiger charge is -2.24. The van der Waals surface area contributed by atoms with Crippen LogP contribution in [0.1, 0.15) is 35.4 Å². The highest BCUT2D eigenvalue weighted by molar-refractivity contribution is 7.92. The largest absolute Gasteiger partial charge is 0.352 e. The van der Waals surface area contributed by atoms with Gasteiger partial charge in [0.15, 0.2) is 0 Å². The molecule has 0 saturated heterocycles. The predicted molar refractivity (Wildman–Crippen MR) is 127 cm³/mol. The summed E-state index contributed by atoms with van der Waals surface area (Å²) in [7, 11) is -3.45. The minimum absolute atomic E-state index is 0.114. The summed E-state index contributed by atoms with van der Waals surface area (Å²) >= 11 is 0. The normalized spacial score (nSPS) is 11.4. The molecule has 0 aliphatic rings. The average molecular weight is 455 g/mol. The number of nitrogens with one attached hydrogen (secondary N) is 1. The van der Waals surface area contributed by atoms with E-state index < -0.39 is 10.0 Å². The Balaban J connectivity index is 1.61. The number of aryl methyl sites for hydroxylation is 3. The molecule has 3 rings (SSSR count). The summed E-state index contributed by atoms with van der Waals surface area (Å²) in [6.45, 7) is 6.39. The third-order valence-corrected chi connectivity index (χ3v) is 6.53. The summed E-state index contributed by atoms with van der Waals surface area (Å²) in [4.78, 5) is 16.7. The van der Waals surface area contributed by atoms with Crippen molar-refractivity contribution < 1.29 is 13.2 Å². The monoisotopic (exact) mass is 454 g/mol. The van der Waals surface area contributed by atoms with Gasteiger partial charge in [-0.2, -0.15) is 0 Å². The van der Waals surface area contributed by atoms with Crippen molar-refractivity contribution in [2.24, 2.45) is 0 Å². The van der Waals surface area contributed by atoms with Crippen molar-refractivity contribution in [2.75, 3.05) is 17.1 Å². The number of aromatic nitrogens is 2. The van der Waals surface area contributed by atoms with E-state index in [0.29, 0.717) is 18.7 Å². The van der Waals surface area contributed by atoms with Crippen molar-refractivity contribution in [3.8, 4) is 5.69 Å². The predicted octanol–water partition coefficient (Wildman–Crippen LogP) is 3.66. The Morgan fingerprint density at radius 1 is 1.12 bits per heavy atom. The molecule has 1 amide bonds. The van der Waals surface area contributed by atoms with Crippen molar-refractivity contribution in [1.29, 1.82) is 0 Å². The van der Waals surface area contributed by atoms with Crippen LogP contribution in [0, 0.1) is 20.8 Å². The molecule has 0 unspecified atom stereocenters. The molecule has 8 heteroatoms. The molecule has 0 bridgehead atoms. The lowest BCUT2D eigenvalue weighted by molar-refractivity contribution is -0.121. The highest BCUT2D eigenvalue weighted by Gasteiger charge is 2.19. The molecule has 0 radical (unpaired) electrons. The Labute approximate surface area is 190 Å². The minimum Gasteiger partial charge on any atom is -0.352 e. The van der Waals surface area contributed by atoms with Gasteiger partial charge in [-0.15, -0.1) is 0 Å². The molecule has 0 spiro atoms. The molecule has 0 fully saturated rings. The molecule has 0 aliphatic carbocycles. The topological polar surface area (TPSA) is 84.3 Å². The van der Waals surface area contributed by atoms with E-state index in [2.05, 4.69) is 10.3 Å². The number of rotatable bonds is 9. The van der Waals surface area contributed by atoms with Gasteiger partial charge in [-0.25, -0.2) is 13.4 Å². The van der Waals surface area contributed by atoms with E-state index in [1.54, 1.807) is 6.20 Å². The van der Waals surface area contributed by atoms with Gasteiger partial charge in [-0.1, -0.05) is 30.3 Å². The highest BCUT2D eigenvalue weighted by Crippen LogP contribution is 2.24. The first-order valence-corrected chi connectivity index (χ1v) is 12.4. The second-order valence-corrected chi connectivity index (χ2v) is 9.89. The zero-order valence-electron chi connectivity index (χ0n) is 19.0. The van der Waals surface area contributed by atoms with Crippen LogP contribution in [0.3, 0.4) is 0 Å². The standard InChI is InChI=1S/C24H30N4O3S/c1-18-11-12-19(2)23(16-18)28(32(4,30)31)14-7-10-24(29)26-17-21-8-5-6-9-22(21)27-15-13-25-20(27)3/h5-6,8-9,11-13,15-16H,7,10,14,17H2,1-4H3,(H,26,29). The first kappa shape index (κ1) is 23.5. The number of carbonyl (C=O) groups is 1. The van der Waals surface area contributed by atoms with E-state index >= 15 is 0 Å². The van der Waals surface area contributed by atoms with E-state index in [1.165, 1.54) is 10.6 Å². The number of sulfonamides is 1. The van der Waals surface area contributed by atoms with Crippen LogP contribution in [0.4, 0.5) is 5.69 Å². The van der Waals surface area contributed by atoms with Crippen LogP contribution in [0.15, 0.2) is 54.9 Å². The van der Waals surface area contributed by atoms with Crippen molar-refractivity contribution in [3.05, 3.63) is 77.4 Å². The number of hydrogen-bond donors (Lipinski definition) is 1. The average Bonchev–Trinajstić information content (AvgIpc) is 3.16. The van der Waals surface area contributed by atoms with Crippen LogP contribution in [0.25, 0.3) is 5.69 Å². The zero-order chi connectivity index (χ0) is 23.3. The molecular formula is C24H30N4O3S. The van der Waals surface area contributed by atoms with Gasteiger partial charge in [0, 0.05) is 31.9 Å². The molecule has 1 heterocycles. The summed E-state index contributed by atoms with van der Waals surface area (Å²) in [6, 6.07) is 13.6. The maximum Gasteiger partial charge on any atom is 0.232 e. The fraction of sp³-hybridized carbons (Fsp3) is 0.333. The molecule has 170 valence electrons. The fourth-order valence-electron chi connectivity index (χ4n) is 3.65. The molecule has 1 N–H and O–H groups in total. The summed E-state index contributed by atoms with van der Waals surface area (Å²) < 4.78 is 28.1. The van der Waals surface area contributed by atoms with Crippen LogP contribution in [-0.2, 0) is 21.4 Å². The van der Waals surface area contributed by atoms with E-state index in [4.69, 9.17) is 0 Å². The second kappa shape index (κ2) is 9.99. The molecule has 32 heavy (non-hydrogen) atoms. The quantitative estimate of drug-likeness (QED) is 0.535. The van der Waals surface area contributed by atoms with Gasteiger partial charge >= 0.3 is 0 Å². The Morgan fingerprint density at radius 2 is 1.88 bits per heavy atom. The zero-order valence-corrected chi connectivity index (χ0v) is 19.8. The number of hydrogen-bond acceptors (Lipinski definition) is 4. The summed E-state index contributed by atoms with van der Waals surface area (Å²) in [5.41, 5.74) is 4.49. The van der Waals surface area contributed by atoms with Crippen molar-refractivity contribution in [3.63, 3.8) is 0 Å². The fourth-order valence-corrected chi connectivity index (χ4v) is 4.66. The van der Waals surface area contributed by atoms with Gasteiger partial charge in [-0.3, -0.25) is 9.10 Å². The summed E-state index contributed by atoms with van der Waals surface area (Å²) in [5, 5.41) is 2.95. The van der Waals surface area contributed by atoms with E-state index in [9.17, 15) is 13.2 Å².